The van der Waals surface area contributed by atoms with Crippen molar-refractivity contribution in [1.29, 1.82) is 0 Å². The fourth-order valence-electron chi connectivity index (χ4n) is 1.38. The predicted molar refractivity (Wildman–Crippen MR) is 66.2 cm³/mol. The molecule has 0 spiro atoms. The summed E-state index contributed by atoms with van der Waals surface area (Å²) >= 11 is 8.11. The van der Waals surface area contributed by atoms with E-state index in [0.29, 0.717) is 5.88 Å². The second-order valence-electron chi connectivity index (χ2n) is 2.93. The lowest BCUT2D eigenvalue weighted by Gasteiger charge is -2.01. The van der Waals surface area contributed by atoms with E-state index in [1.807, 2.05) is 0 Å². The highest BCUT2D eigenvalue weighted by Gasteiger charge is 1.98. The Kier molecular flexibility index (Phi) is 2.74. The number of hydrogen-bond donors (Lipinski definition) is 0. The molecule has 0 saturated carbocycles. The van der Waals surface area contributed by atoms with E-state index in [4.69, 9.17) is 11.6 Å². The van der Waals surface area contributed by atoms with Crippen LogP contribution in [0.15, 0.2) is 36.4 Å². The molecule has 0 radical (unpaired) electrons. The van der Waals surface area contributed by atoms with E-state index in [1.54, 1.807) is 0 Å². The molecule has 0 atom stereocenters. The van der Waals surface area contributed by atoms with Gasteiger partial charge in [0.1, 0.15) is 0 Å². The maximum Gasteiger partial charge on any atom is 0.0474 e. The summed E-state index contributed by atoms with van der Waals surface area (Å²) in [6.45, 7) is 0. The second kappa shape index (κ2) is 3.84. The van der Waals surface area contributed by atoms with Gasteiger partial charge in [0.15, 0.2) is 0 Å². The molecule has 0 nitrogen and oxygen atoms in total. The quantitative estimate of drug-likeness (QED) is 0.547. The second-order valence-corrected chi connectivity index (χ2v) is 4.36. The zero-order valence-electron chi connectivity index (χ0n) is 6.93. The lowest BCUT2D eigenvalue weighted by Crippen LogP contribution is -1.80. The third-order valence-corrected chi connectivity index (χ3v) is 3.30. The summed E-state index contributed by atoms with van der Waals surface area (Å²) in [5, 5.41) is 2.57. The van der Waals surface area contributed by atoms with Crippen molar-refractivity contribution < 1.29 is 0 Å². The number of rotatable bonds is 1. The maximum absolute atomic E-state index is 5.77. The summed E-state index contributed by atoms with van der Waals surface area (Å²) in [7, 11) is 0. The fourth-order valence-corrected chi connectivity index (χ4v) is 2.24. The molecule has 0 saturated heterocycles. The molecule has 2 rings (SSSR count). The molecule has 0 aromatic heterocycles. The normalized spacial score (nSPS) is 10.6. The van der Waals surface area contributed by atoms with Gasteiger partial charge >= 0.3 is 0 Å². The van der Waals surface area contributed by atoms with Gasteiger partial charge in [0.2, 0.25) is 0 Å². The van der Waals surface area contributed by atoms with Crippen molar-refractivity contribution in [2.75, 3.05) is 0 Å². The van der Waals surface area contributed by atoms with Gasteiger partial charge in [-0.15, -0.1) is 11.6 Å². The van der Waals surface area contributed by atoms with Crippen molar-refractivity contribution in [2.24, 2.45) is 0 Å². The van der Waals surface area contributed by atoms with Crippen LogP contribution in [-0.2, 0) is 5.88 Å². The van der Waals surface area contributed by atoms with Gasteiger partial charge in [-0.3, -0.25) is 0 Å². The fraction of sp³-hybridized carbons (Fsp3) is 0.0909. The Morgan fingerprint density at radius 3 is 2.77 bits per heavy atom. The molecule has 2 aromatic rings. The number of fused-ring (bicyclic) bond motifs is 1. The van der Waals surface area contributed by atoms with E-state index >= 15 is 0 Å². The maximum atomic E-state index is 5.77. The highest BCUT2D eigenvalue weighted by molar-refractivity contribution is 14.1. The van der Waals surface area contributed by atoms with Gasteiger partial charge in [0.25, 0.3) is 0 Å². The first kappa shape index (κ1) is 9.28. The molecule has 0 fully saturated rings. The summed E-state index contributed by atoms with van der Waals surface area (Å²) in [6, 6.07) is 12.7. The Morgan fingerprint density at radius 2 is 2.00 bits per heavy atom. The molecule has 0 heterocycles. The van der Waals surface area contributed by atoms with Crippen LogP contribution < -0.4 is 0 Å². The molecule has 0 aliphatic rings. The van der Waals surface area contributed by atoms with Crippen LogP contribution in [0.4, 0.5) is 0 Å². The Hall–Kier alpha value is -0.280. The standard InChI is InChI=1S/C11H8ClI/c12-7-8-4-5-10-9(6-8)2-1-3-11(10)13/h1-6H,7H2. The minimum atomic E-state index is 0.585. The molecule has 66 valence electrons. The highest BCUT2D eigenvalue weighted by atomic mass is 127. The van der Waals surface area contributed by atoms with E-state index in [9.17, 15) is 0 Å². The van der Waals surface area contributed by atoms with Gasteiger partial charge in [0.05, 0.1) is 0 Å². The van der Waals surface area contributed by atoms with Crippen molar-refractivity contribution in [2.45, 2.75) is 5.88 Å². The SMILES string of the molecule is ClCc1ccc2c(I)cccc2c1. The molecule has 13 heavy (non-hydrogen) atoms. The van der Waals surface area contributed by atoms with E-state index in [0.717, 1.165) is 0 Å². The summed E-state index contributed by atoms with van der Waals surface area (Å²) < 4.78 is 1.29. The third kappa shape index (κ3) is 1.81. The van der Waals surface area contributed by atoms with Crippen molar-refractivity contribution in [3.8, 4) is 0 Å². The van der Waals surface area contributed by atoms with Gasteiger partial charge < -0.3 is 0 Å². The van der Waals surface area contributed by atoms with E-state index < -0.39 is 0 Å². The van der Waals surface area contributed by atoms with E-state index in [-0.39, 0.29) is 0 Å². The van der Waals surface area contributed by atoms with E-state index in [1.165, 1.54) is 19.9 Å². The van der Waals surface area contributed by atoms with E-state index in [2.05, 4.69) is 59.0 Å². The highest BCUT2D eigenvalue weighted by Crippen LogP contribution is 2.22. The summed E-state index contributed by atoms with van der Waals surface area (Å²) in [5.74, 6) is 0.585. The molecule has 2 heteroatoms. The Balaban J connectivity index is 2.72. The first-order valence-electron chi connectivity index (χ1n) is 4.04. The molecular formula is C11H8ClI. The van der Waals surface area contributed by atoms with Crippen LogP contribution in [0.3, 0.4) is 0 Å². The van der Waals surface area contributed by atoms with Gasteiger partial charge in [0, 0.05) is 9.45 Å². The van der Waals surface area contributed by atoms with Crippen LogP contribution in [0.5, 0.6) is 0 Å². The number of hydrogen-bond acceptors (Lipinski definition) is 0. The van der Waals surface area contributed by atoms with Crippen LogP contribution >= 0.6 is 34.2 Å². The van der Waals surface area contributed by atoms with Crippen LogP contribution in [-0.4, -0.2) is 0 Å². The minimum Gasteiger partial charge on any atom is -0.122 e. The van der Waals surface area contributed by atoms with Crippen molar-refractivity contribution >= 4 is 45.0 Å². The molecular weight excluding hydrogens is 294 g/mol. The molecule has 0 aliphatic heterocycles. The average molecular weight is 303 g/mol. The summed E-state index contributed by atoms with van der Waals surface area (Å²) in [5.41, 5.74) is 1.18. The van der Waals surface area contributed by atoms with Crippen LogP contribution in [0, 0.1) is 3.57 Å². The zero-order valence-corrected chi connectivity index (χ0v) is 9.84. The topological polar surface area (TPSA) is 0 Å². The molecule has 0 bridgehead atoms. The Morgan fingerprint density at radius 1 is 1.15 bits per heavy atom. The Labute approximate surface area is 96.0 Å². The van der Waals surface area contributed by atoms with Crippen LogP contribution in [0.1, 0.15) is 5.56 Å². The summed E-state index contributed by atoms with van der Waals surface area (Å²) in [4.78, 5) is 0. The first-order valence-corrected chi connectivity index (χ1v) is 5.66. The monoisotopic (exact) mass is 302 g/mol. The molecule has 2 aromatic carbocycles. The molecule has 0 amide bonds. The first-order chi connectivity index (χ1) is 6.31. The average Bonchev–Trinajstić information content (AvgIpc) is 2.18. The molecule has 0 unspecified atom stereocenters. The van der Waals surface area contributed by atoms with Gasteiger partial charge in [-0.25, -0.2) is 0 Å². The third-order valence-electron chi connectivity index (χ3n) is 2.05. The van der Waals surface area contributed by atoms with Gasteiger partial charge in [-0.05, 0) is 51.1 Å². The number of halogens is 2. The van der Waals surface area contributed by atoms with Crippen LogP contribution in [0.25, 0.3) is 10.8 Å². The van der Waals surface area contributed by atoms with Crippen molar-refractivity contribution in [3.05, 3.63) is 45.5 Å². The Bertz CT molecular complexity index is 437. The van der Waals surface area contributed by atoms with Crippen molar-refractivity contribution in [3.63, 3.8) is 0 Å². The summed E-state index contributed by atoms with van der Waals surface area (Å²) in [6.07, 6.45) is 0. The number of benzene rings is 2. The predicted octanol–water partition coefficient (Wildman–Crippen LogP) is 4.18. The zero-order chi connectivity index (χ0) is 9.26. The minimum absolute atomic E-state index is 0.585. The largest absolute Gasteiger partial charge is 0.122 e. The van der Waals surface area contributed by atoms with Gasteiger partial charge in [-0.2, -0.15) is 0 Å². The van der Waals surface area contributed by atoms with Crippen LogP contribution in [0.2, 0.25) is 0 Å². The smallest absolute Gasteiger partial charge is 0.0474 e. The lowest BCUT2D eigenvalue weighted by atomic mass is 10.1. The van der Waals surface area contributed by atoms with Gasteiger partial charge in [-0.1, -0.05) is 24.3 Å². The van der Waals surface area contributed by atoms with Crippen molar-refractivity contribution in [1.82, 2.24) is 0 Å². The number of alkyl halides is 1. The molecule has 0 N–H and O–H groups in total. The molecule has 0 aliphatic carbocycles. The lowest BCUT2D eigenvalue weighted by molar-refractivity contribution is 1.43.